The Morgan fingerprint density at radius 2 is 2.09 bits per heavy atom. The largest absolute Gasteiger partial charge is 0.433 e. The van der Waals surface area contributed by atoms with Crippen LogP contribution in [0.3, 0.4) is 0 Å². The van der Waals surface area contributed by atoms with Gasteiger partial charge >= 0.3 is 6.18 Å². The molecule has 0 spiro atoms. The van der Waals surface area contributed by atoms with Gasteiger partial charge in [0.2, 0.25) is 0 Å². The van der Waals surface area contributed by atoms with Crippen LogP contribution in [-0.2, 0) is 19.0 Å². The van der Waals surface area contributed by atoms with E-state index in [1.54, 1.807) is 17.5 Å². The molecular weight excluding hydrogens is 487 g/mol. The first kappa shape index (κ1) is 22.5. The van der Waals surface area contributed by atoms with Crippen LogP contribution in [0, 0.1) is 5.92 Å². The lowest BCUT2D eigenvalue weighted by molar-refractivity contribution is -0.142. The highest BCUT2D eigenvalue weighted by atomic mass is 32.1. The summed E-state index contributed by atoms with van der Waals surface area (Å²) in [4.78, 5) is 30.9. The van der Waals surface area contributed by atoms with E-state index in [-0.39, 0.29) is 27.6 Å². The average molecular weight is 506 g/mol. The fourth-order valence-electron chi connectivity index (χ4n) is 4.10. The number of fused-ring (bicyclic) bond motifs is 2. The van der Waals surface area contributed by atoms with Gasteiger partial charge in [0, 0.05) is 10.9 Å². The SMILES string of the molecule is C[C@H]1CCc2c(sc(NC(=O)c3cc4nc(-c5cccs5)cc(C(F)(F)F)n4n3)c2C(N)=O)C1. The molecule has 0 unspecified atom stereocenters. The first-order valence-corrected chi connectivity index (χ1v) is 12.1. The summed E-state index contributed by atoms with van der Waals surface area (Å²) >= 11 is 2.53. The Kier molecular flexibility index (Phi) is 5.44. The number of carbonyl (C=O) groups excluding carboxylic acids is 2. The van der Waals surface area contributed by atoms with Crippen LogP contribution in [0.25, 0.3) is 16.2 Å². The molecule has 34 heavy (non-hydrogen) atoms. The summed E-state index contributed by atoms with van der Waals surface area (Å²) in [6.45, 7) is 2.11. The van der Waals surface area contributed by atoms with Crippen molar-refractivity contribution in [3.63, 3.8) is 0 Å². The molecule has 4 aromatic heterocycles. The second-order valence-electron chi connectivity index (χ2n) is 8.18. The monoisotopic (exact) mass is 505 g/mol. The van der Waals surface area contributed by atoms with Crippen molar-refractivity contribution in [2.45, 2.75) is 32.4 Å². The minimum absolute atomic E-state index is 0.113. The molecule has 0 bridgehead atoms. The quantitative estimate of drug-likeness (QED) is 0.407. The van der Waals surface area contributed by atoms with Crippen LogP contribution in [0.4, 0.5) is 18.2 Å². The normalized spacial score (nSPS) is 15.9. The highest BCUT2D eigenvalue weighted by molar-refractivity contribution is 7.17. The van der Waals surface area contributed by atoms with Gasteiger partial charge in [0.15, 0.2) is 17.0 Å². The molecule has 1 aliphatic rings. The lowest BCUT2D eigenvalue weighted by atomic mass is 9.88. The maximum absolute atomic E-state index is 13.8. The van der Waals surface area contributed by atoms with Crippen LogP contribution in [0.5, 0.6) is 0 Å². The van der Waals surface area contributed by atoms with Crippen LogP contribution in [-0.4, -0.2) is 26.4 Å². The molecule has 0 saturated heterocycles. The van der Waals surface area contributed by atoms with Gasteiger partial charge in [-0.3, -0.25) is 9.59 Å². The van der Waals surface area contributed by atoms with Crippen LogP contribution < -0.4 is 11.1 Å². The lowest BCUT2D eigenvalue weighted by Gasteiger charge is -2.18. The predicted molar refractivity (Wildman–Crippen MR) is 123 cm³/mol. The topological polar surface area (TPSA) is 102 Å². The zero-order chi connectivity index (χ0) is 24.2. The Bertz CT molecular complexity index is 1420. The highest BCUT2D eigenvalue weighted by Gasteiger charge is 2.36. The second kappa shape index (κ2) is 8.20. The number of halogens is 3. The molecule has 5 rings (SSSR count). The lowest BCUT2D eigenvalue weighted by Crippen LogP contribution is -2.19. The number of hydrogen-bond acceptors (Lipinski definition) is 6. The molecule has 3 N–H and O–H groups in total. The number of nitrogens with one attached hydrogen (secondary N) is 1. The number of nitrogens with zero attached hydrogens (tertiary/aromatic N) is 3. The van der Waals surface area contributed by atoms with E-state index >= 15 is 0 Å². The third-order valence-electron chi connectivity index (χ3n) is 5.71. The van der Waals surface area contributed by atoms with Crippen molar-refractivity contribution >= 4 is 45.1 Å². The van der Waals surface area contributed by atoms with E-state index in [0.717, 1.165) is 29.3 Å². The number of primary amides is 1. The molecule has 4 aromatic rings. The molecular formula is C22H18F3N5O2S2. The zero-order valence-corrected chi connectivity index (χ0v) is 19.4. The van der Waals surface area contributed by atoms with E-state index in [4.69, 9.17) is 5.73 Å². The third kappa shape index (κ3) is 3.96. The highest BCUT2D eigenvalue weighted by Crippen LogP contribution is 2.40. The number of carbonyl (C=O) groups is 2. The van der Waals surface area contributed by atoms with Gasteiger partial charge in [0.1, 0.15) is 5.00 Å². The minimum Gasteiger partial charge on any atom is -0.365 e. The van der Waals surface area contributed by atoms with Crippen molar-refractivity contribution in [3.05, 3.63) is 57.0 Å². The van der Waals surface area contributed by atoms with Gasteiger partial charge in [-0.25, -0.2) is 9.50 Å². The Hall–Kier alpha value is -3.25. The van der Waals surface area contributed by atoms with Gasteiger partial charge in [-0.05, 0) is 48.3 Å². The minimum atomic E-state index is -4.71. The summed E-state index contributed by atoms with van der Waals surface area (Å²) in [5.41, 5.74) is 5.41. The summed E-state index contributed by atoms with van der Waals surface area (Å²) in [5.74, 6) is -0.956. The van der Waals surface area contributed by atoms with E-state index < -0.39 is 23.7 Å². The molecule has 1 atom stereocenters. The zero-order valence-electron chi connectivity index (χ0n) is 17.8. The van der Waals surface area contributed by atoms with Crippen LogP contribution >= 0.6 is 22.7 Å². The van der Waals surface area contributed by atoms with E-state index in [2.05, 4.69) is 22.3 Å². The number of thiophene rings is 2. The molecule has 7 nitrogen and oxygen atoms in total. The van der Waals surface area contributed by atoms with E-state index in [0.29, 0.717) is 21.7 Å². The number of hydrogen-bond donors (Lipinski definition) is 2. The summed E-state index contributed by atoms with van der Waals surface area (Å²) < 4.78 is 41.9. The van der Waals surface area contributed by atoms with Crippen LogP contribution in [0.1, 0.15) is 50.3 Å². The fourth-order valence-corrected chi connectivity index (χ4v) is 6.20. The molecule has 2 amide bonds. The number of rotatable bonds is 4. The number of amides is 2. The Morgan fingerprint density at radius 1 is 1.29 bits per heavy atom. The Morgan fingerprint density at radius 3 is 2.76 bits per heavy atom. The number of nitrogens with two attached hydrogens (primary N) is 1. The van der Waals surface area contributed by atoms with Gasteiger partial charge in [0.25, 0.3) is 11.8 Å². The molecule has 1 aliphatic carbocycles. The van der Waals surface area contributed by atoms with Gasteiger partial charge in [0.05, 0.1) is 16.1 Å². The second-order valence-corrected chi connectivity index (χ2v) is 10.2. The van der Waals surface area contributed by atoms with Gasteiger partial charge in [-0.1, -0.05) is 13.0 Å². The molecule has 0 fully saturated rings. The van der Waals surface area contributed by atoms with Gasteiger partial charge in [-0.2, -0.15) is 18.3 Å². The van der Waals surface area contributed by atoms with Crippen molar-refractivity contribution in [2.75, 3.05) is 5.32 Å². The Balaban J connectivity index is 1.54. The number of alkyl halides is 3. The molecule has 0 saturated carbocycles. The predicted octanol–water partition coefficient (Wildman–Crippen LogP) is 5.01. The first-order chi connectivity index (χ1) is 16.1. The number of aromatic nitrogens is 3. The van der Waals surface area contributed by atoms with Crippen molar-refractivity contribution in [2.24, 2.45) is 11.7 Å². The van der Waals surface area contributed by atoms with E-state index in [9.17, 15) is 22.8 Å². The van der Waals surface area contributed by atoms with Gasteiger partial charge in [-0.15, -0.1) is 22.7 Å². The standard InChI is InChI=1S/C22H18F3N5O2S2/c1-10-4-5-11-15(7-10)34-21(18(11)19(26)31)28-20(32)13-9-17-27-12(14-3-2-6-33-14)8-16(22(23,24)25)30(17)29-13/h2-3,6,8-10H,4-5,7H2,1H3,(H2,26,31)(H,28,32)/t10-/m0/s1. The fraction of sp³-hybridized carbons (Fsp3) is 0.273. The van der Waals surface area contributed by atoms with E-state index in [1.807, 2.05) is 0 Å². The van der Waals surface area contributed by atoms with Crippen molar-refractivity contribution < 1.29 is 22.8 Å². The van der Waals surface area contributed by atoms with Crippen LogP contribution in [0.2, 0.25) is 0 Å². The average Bonchev–Trinajstić information content (AvgIpc) is 3.49. The maximum atomic E-state index is 13.8. The molecule has 4 heterocycles. The molecule has 12 heteroatoms. The molecule has 176 valence electrons. The summed E-state index contributed by atoms with van der Waals surface area (Å²) in [5, 5.41) is 8.54. The smallest absolute Gasteiger partial charge is 0.365 e. The summed E-state index contributed by atoms with van der Waals surface area (Å²) in [6, 6.07) is 5.49. The molecule has 0 aliphatic heterocycles. The van der Waals surface area contributed by atoms with Crippen molar-refractivity contribution in [1.29, 1.82) is 0 Å². The first-order valence-electron chi connectivity index (χ1n) is 10.4. The van der Waals surface area contributed by atoms with Crippen molar-refractivity contribution in [3.8, 4) is 10.6 Å². The Labute approximate surface area is 199 Å². The van der Waals surface area contributed by atoms with E-state index in [1.165, 1.54) is 28.7 Å². The summed E-state index contributed by atoms with van der Waals surface area (Å²) in [6.07, 6.45) is -2.35. The van der Waals surface area contributed by atoms with Gasteiger partial charge < -0.3 is 11.1 Å². The van der Waals surface area contributed by atoms with Crippen LogP contribution in [0.15, 0.2) is 29.6 Å². The maximum Gasteiger partial charge on any atom is 0.433 e. The molecule has 0 aromatic carbocycles. The summed E-state index contributed by atoms with van der Waals surface area (Å²) in [7, 11) is 0. The van der Waals surface area contributed by atoms with Crippen molar-refractivity contribution in [1.82, 2.24) is 14.6 Å². The third-order valence-corrected chi connectivity index (χ3v) is 7.77. The molecule has 0 radical (unpaired) electrons. The number of anilines is 1.